The van der Waals surface area contributed by atoms with Gasteiger partial charge in [0.05, 0.1) is 30.1 Å². The molecule has 140 valence electrons. The number of carbonyl (C=O) groups excluding carboxylic acids is 1. The second-order valence-corrected chi connectivity index (χ2v) is 8.22. The summed E-state index contributed by atoms with van der Waals surface area (Å²) in [7, 11) is -1.99. The SMILES string of the molecule is COc1ccc(C(CC(=O)Nc2ccc(Cl)cc2Cl)NS(C)(=O)=O)cc1. The molecule has 0 saturated carbocycles. The van der Waals surface area contributed by atoms with Gasteiger partial charge in [-0.1, -0.05) is 35.3 Å². The van der Waals surface area contributed by atoms with Gasteiger partial charge in [0.2, 0.25) is 15.9 Å². The Labute approximate surface area is 162 Å². The van der Waals surface area contributed by atoms with Crippen molar-refractivity contribution >= 4 is 44.8 Å². The van der Waals surface area contributed by atoms with E-state index in [1.54, 1.807) is 36.4 Å². The van der Waals surface area contributed by atoms with E-state index in [-0.39, 0.29) is 6.42 Å². The number of amides is 1. The van der Waals surface area contributed by atoms with Crippen LogP contribution in [0.25, 0.3) is 0 Å². The van der Waals surface area contributed by atoms with Crippen LogP contribution < -0.4 is 14.8 Å². The molecular weight excluding hydrogens is 399 g/mol. The van der Waals surface area contributed by atoms with Crippen LogP contribution in [0.2, 0.25) is 10.0 Å². The highest BCUT2D eigenvalue weighted by Gasteiger charge is 2.20. The summed E-state index contributed by atoms with van der Waals surface area (Å²) in [4.78, 5) is 12.4. The van der Waals surface area contributed by atoms with Crippen LogP contribution in [0.1, 0.15) is 18.0 Å². The average molecular weight is 417 g/mol. The first-order chi connectivity index (χ1) is 12.2. The lowest BCUT2D eigenvalue weighted by molar-refractivity contribution is -0.116. The predicted octanol–water partition coefficient (Wildman–Crippen LogP) is 3.62. The number of rotatable bonds is 7. The van der Waals surface area contributed by atoms with Crippen LogP contribution in [0, 0.1) is 0 Å². The first-order valence-electron chi connectivity index (χ1n) is 7.54. The summed E-state index contributed by atoms with van der Waals surface area (Å²) >= 11 is 11.9. The summed E-state index contributed by atoms with van der Waals surface area (Å²) < 4.78 is 30.9. The van der Waals surface area contributed by atoms with Gasteiger partial charge in [-0.25, -0.2) is 13.1 Å². The highest BCUT2D eigenvalue weighted by atomic mass is 35.5. The maximum Gasteiger partial charge on any atom is 0.226 e. The van der Waals surface area contributed by atoms with Gasteiger partial charge in [0.25, 0.3) is 0 Å². The predicted molar refractivity (Wildman–Crippen MR) is 103 cm³/mol. The normalized spacial score (nSPS) is 12.5. The Morgan fingerprint density at radius 3 is 2.35 bits per heavy atom. The molecular formula is C17H18Cl2N2O4S. The molecule has 0 aromatic heterocycles. The van der Waals surface area contributed by atoms with E-state index >= 15 is 0 Å². The number of sulfonamides is 1. The summed E-state index contributed by atoms with van der Waals surface area (Å²) in [6.45, 7) is 0. The number of hydrogen-bond donors (Lipinski definition) is 2. The molecule has 0 aliphatic rings. The van der Waals surface area contributed by atoms with Gasteiger partial charge in [0, 0.05) is 11.4 Å². The van der Waals surface area contributed by atoms with Crippen LogP contribution in [-0.4, -0.2) is 27.7 Å². The van der Waals surface area contributed by atoms with Crippen molar-refractivity contribution in [2.24, 2.45) is 0 Å². The van der Waals surface area contributed by atoms with E-state index in [9.17, 15) is 13.2 Å². The first-order valence-corrected chi connectivity index (χ1v) is 10.2. The van der Waals surface area contributed by atoms with E-state index in [0.29, 0.717) is 27.0 Å². The molecule has 0 spiro atoms. The van der Waals surface area contributed by atoms with Gasteiger partial charge in [-0.05, 0) is 35.9 Å². The third-order valence-electron chi connectivity index (χ3n) is 3.47. The van der Waals surface area contributed by atoms with Crippen molar-refractivity contribution in [3.63, 3.8) is 0 Å². The summed E-state index contributed by atoms with van der Waals surface area (Å²) in [6, 6.07) is 10.7. The van der Waals surface area contributed by atoms with Crippen LogP contribution in [0.4, 0.5) is 5.69 Å². The molecule has 0 heterocycles. The number of anilines is 1. The van der Waals surface area contributed by atoms with E-state index in [0.717, 1.165) is 6.26 Å². The summed E-state index contributed by atoms with van der Waals surface area (Å²) in [5.74, 6) is 0.232. The zero-order valence-corrected chi connectivity index (χ0v) is 16.5. The minimum absolute atomic E-state index is 0.113. The highest BCUT2D eigenvalue weighted by Crippen LogP contribution is 2.27. The Bertz CT molecular complexity index is 886. The third-order valence-corrected chi connectivity index (χ3v) is 4.73. The number of hydrogen-bond acceptors (Lipinski definition) is 4. The molecule has 1 unspecified atom stereocenters. The van der Waals surface area contributed by atoms with Gasteiger partial charge >= 0.3 is 0 Å². The second kappa shape index (κ2) is 8.73. The van der Waals surface area contributed by atoms with Crippen molar-refractivity contribution in [3.8, 4) is 5.75 Å². The fourth-order valence-corrected chi connectivity index (χ4v) is 3.49. The lowest BCUT2D eigenvalue weighted by Gasteiger charge is -2.18. The van der Waals surface area contributed by atoms with Crippen LogP contribution in [0.15, 0.2) is 42.5 Å². The van der Waals surface area contributed by atoms with E-state index in [2.05, 4.69) is 10.0 Å². The molecule has 0 radical (unpaired) electrons. The van der Waals surface area contributed by atoms with Crippen LogP contribution in [0.5, 0.6) is 5.75 Å². The van der Waals surface area contributed by atoms with Crippen molar-refractivity contribution < 1.29 is 17.9 Å². The Morgan fingerprint density at radius 2 is 1.81 bits per heavy atom. The molecule has 6 nitrogen and oxygen atoms in total. The molecule has 0 bridgehead atoms. The minimum atomic E-state index is -3.52. The molecule has 0 aliphatic heterocycles. The van der Waals surface area contributed by atoms with Crippen LogP contribution in [0.3, 0.4) is 0 Å². The molecule has 2 aromatic carbocycles. The second-order valence-electron chi connectivity index (χ2n) is 5.59. The molecule has 26 heavy (non-hydrogen) atoms. The fraction of sp³-hybridized carbons (Fsp3) is 0.235. The molecule has 2 aromatic rings. The lowest BCUT2D eigenvalue weighted by atomic mass is 10.0. The van der Waals surface area contributed by atoms with E-state index in [1.807, 2.05) is 0 Å². The number of ether oxygens (including phenoxy) is 1. The van der Waals surface area contributed by atoms with Gasteiger partial charge in [0.15, 0.2) is 0 Å². The van der Waals surface area contributed by atoms with Crippen molar-refractivity contribution in [1.29, 1.82) is 0 Å². The molecule has 2 rings (SSSR count). The fourth-order valence-electron chi connectivity index (χ4n) is 2.30. The van der Waals surface area contributed by atoms with Gasteiger partial charge in [-0.2, -0.15) is 0 Å². The number of methoxy groups -OCH3 is 1. The van der Waals surface area contributed by atoms with Gasteiger partial charge < -0.3 is 10.1 Å². The summed E-state index contributed by atoms with van der Waals surface area (Å²) in [5.41, 5.74) is 1.03. The maximum atomic E-state index is 12.4. The third kappa shape index (κ3) is 6.17. The lowest BCUT2D eigenvalue weighted by Crippen LogP contribution is -2.30. The standard InChI is InChI=1S/C17H18Cl2N2O4S/c1-25-13-6-3-11(4-7-13)16(21-26(2,23)24)10-17(22)20-15-8-5-12(18)9-14(15)19/h3-9,16,21H,10H2,1-2H3,(H,20,22). The van der Waals surface area contributed by atoms with Gasteiger partial charge in [-0.3, -0.25) is 4.79 Å². The van der Waals surface area contributed by atoms with Crippen molar-refractivity contribution in [2.45, 2.75) is 12.5 Å². The Hall–Kier alpha value is -1.80. The zero-order valence-electron chi connectivity index (χ0n) is 14.1. The topological polar surface area (TPSA) is 84.5 Å². The number of benzene rings is 2. The van der Waals surface area contributed by atoms with Gasteiger partial charge in [0.1, 0.15) is 5.75 Å². The Kier molecular flexibility index (Phi) is 6.88. The Morgan fingerprint density at radius 1 is 1.15 bits per heavy atom. The van der Waals surface area contributed by atoms with Crippen molar-refractivity contribution in [1.82, 2.24) is 4.72 Å². The summed E-state index contributed by atoms with van der Waals surface area (Å²) in [5, 5.41) is 3.40. The smallest absolute Gasteiger partial charge is 0.226 e. The Balaban J connectivity index is 2.18. The highest BCUT2D eigenvalue weighted by molar-refractivity contribution is 7.88. The zero-order chi connectivity index (χ0) is 19.3. The molecule has 0 saturated heterocycles. The van der Waals surface area contributed by atoms with Crippen molar-refractivity contribution in [2.75, 3.05) is 18.7 Å². The molecule has 1 amide bonds. The quantitative estimate of drug-likeness (QED) is 0.721. The molecule has 0 fully saturated rings. The van der Waals surface area contributed by atoms with Gasteiger partial charge in [-0.15, -0.1) is 0 Å². The molecule has 9 heteroatoms. The molecule has 1 atom stereocenters. The van der Waals surface area contributed by atoms with Crippen molar-refractivity contribution in [3.05, 3.63) is 58.1 Å². The monoisotopic (exact) mass is 416 g/mol. The van der Waals surface area contributed by atoms with E-state index in [1.165, 1.54) is 13.2 Å². The molecule has 2 N–H and O–H groups in total. The maximum absolute atomic E-state index is 12.4. The van der Waals surface area contributed by atoms with E-state index in [4.69, 9.17) is 27.9 Å². The molecule has 0 aliphatic carbocycles. The van der Waals surface area contributed by atoms with E-state index < -0.39 is 22.0 Å². The van der Waals surface area contributed by atoms with Crippen LogP contribution >= 0.6 is 23.2 Å². The number of carbonyl (C=O) groups is 1. The average Bonchev–Trinajstić information content (AvgIpc) is 2.56. The summed E-state index contributed by atoms with van der Waals surface area (Å²) in [6.07, 6.45) is 0.926. The largest absolute Gasteiger partial charge is 0.497 e. The number of nitrogens with one attached hydrogen (secondary N) is 2. The minimum Gasteiger partial charge on any atom is -0.497 e. The number of halogens is 2. The first kappa shape index (κ1) is 20.5. The van der Waals surface area contributed by atoms with Crippen LogP contribution in [-0.2, 0) is 14.8 Å².